The van der Waals surface area contributed by atoms with Crippen LogP contribution in [0.2, 0.25) is 0 Å². The Labute approximate surface area is 467 Å². The molecule has 10 heteroatoms. The van der Waals surface area contributed by atoms with Crippen LogP contribution < -0.4 is 5.32 Å². The predicted molar refractivity (Wildman–Crippen MR) is 327 cm³/mol. The molecule has 0 aromatic carbocycles. The smallest absolute Gasteiger partial charge is 0.456 e. The van der Waals surface area contributed by atoms with Gasteiger partial charge in [-0.2, -0.15) is 0 Å². The molecular weight excluding hydrogens is 964 g/mol. The van der Waals surface area contributed by atoms with Gasteiger partial charge in [-0.05, 0) is 115 Å². The van der Waals surface area contributed by atoms with Crippen molar-refractivity contribution in [1.29, 1.82) is 0 Å². The third-order valence-corrected chi connectivity index (χ3v) is 13.6. The van der Waals surface area contributed by atoms with Gasteiger partial charge in [0.25, 0.3) is 0 Å². The van der Waals surface area contributed by atoms with Crippen molar-refractivity contribution in [3.8, 4) is 0 Å². The van der Waals surface area contributed by atoms with Crippen molar-refractivity contribution in [2.45, 2.75) is 245 Å². The van der Waals surface area contributed by atoms with Crippen molar-refractivity contribution >= 4 is 19.7 Å². The van der Waals surface area contributed by atoms with Crippen LogP contribution in [0.25, 0.3) is 0 Å². The second-order valence-electron chi connectivity index (χ2n) is 21.1. The summed E-state index contributed by atoms with van der Waals surface area (Å²) in [4.78, 5) is 37.7. The number of esters is 1. The Kier molecular flexibility index (Phi) is 52.2. The van der Waals surface area contributed by atoms with E-state index in [1.807, 2.05) is 33.3 Å². The molecule has 0 fully saturated rings. The first-order valence-corrected chi connectivity index (χ1v) is 31.9. The quantitative estimate of drug-likeness (QED) is 0.0205. The van der Waals surface area contributed by atoms with Gasteiger partial charge in [0.1, 0.15) is 19.3 Å². The van der Waals surface area contributed by atoms with Crippen molar-refractivity contribution < 1.29 is 37.3 Å². The Balaban J connectivity index is 5.41. The van der Waals surface area contributed by atoms with E-state index in [4.69, 9.17) is 13.8 Å². The van der Waals surface area contributed by atoms with Crippen LogP contribution in [0.1, 0.15) is 233 Å². The van der Waals surface area contributed by atoms with Gasteiger partial charge in [-0.1, -0.05) is 226 Å². The molecule has 0 aliphatic carbocycles. The third kappa shape index (κ3) is 55.2. The van der Waals surface area contributed by atoms with Crippen LogP contribution in [0, 0.1) is 0 Å². The van der Waals surface area contributed by atoms with E-state index in [-0.39, 0.29) is 31.5 Å². The molecule has 0 rings (SSSR count). The largest absolute Gasteiger partial charge is 0.472 e. The molecule has 0 spiro atoms. The molecule has 0 radical (unpaired) electrons. The molecule has 0 saturated carbocycles. The number of ether oxygens (including phenoxy) is 1. The number of likely N-dealkylation sites (N-methyl/N-ethyl adjacent to an activating group) is 1. The summed E-state index contributed by atoms with van der Waals surface area (Å²) in [6.07, 6.45) is 76.3. The number of unbranched alkanes of at least 4 members (excludes halogenated alkanes) is 19. The summed E-state index contributed by atoms with van der Waals surface area (Å²) in [5.74, 6) is -0.601. The Morgan fingerprint density at radius 1 is 0.474 bits per heavy atom. The van der Waals surface area contributed by atoms with Gasteiger partial charge in [0.15, 0.2) is 0 Å². The molecule has 0 aromatic heterocycles. The molecule has 0 aliphatic heterocycles. The van der Waals surface area contributed by atoms with E-state index in [0.29, 0.717) is 30.3 Å². The molecule has 434 valence electrons. The first-order chi connectivity index (χ1) is 36.9. The van der Waals surface area contributed by atoms with Gasteiger partial charge in [-0.25, -0.2) is 4.57 Å². The minimum atomic E-state index is -4.47. The molecule has 2 N–H and O–H groups in total. The van der Waals surface area contributed by atoms with Crippen molar-refractivity contribution in [3.63, 3.8) is 0 Å². The standard InChI is InChI=1S/C66H113N2O7P/c1-7-10-13-16-19-22-25-28-30-32-33-34-35-37-38-40-43-46-49-52-55-58-65(69)67-63(62-74-76(71,72)73-61-60-68(4,5)6)64(57-54-51-48-45-42-27-24-21-18-15-12-9-3)75-66(70)59-56-53-50-47-44-41-39-36-31-29-26-23-20-17-14-11-8-2/h10,13,19-20,22-23,28-31,33-34,37-39,41,47,50,54,57,63-64H,7-9,11-12,14-18,21,24-27,32,35-36,40,42-46,48-49,51-53,55-56,58-62H2,1-6H3,(H-,67,69,71,72)/p+1/b13-10-,22-19-,23-20-,30-28-,31-29-,34-33-,38-37-,41-39-,50-47-,57-54-. The summed E-state index contributed by atoms with van der Waals surface area (Å²) < 4.78 is 30.6. The van der Waals surface area contributed by atoms with Gasteiger partial charge < -0.3 is 19.4 Å². The highest BCUT2D eigenvalue weighted by Gasteiger charge is 2.30. The van der Waals surface area contributed by atoms with E-state index in [1.165, 1.54) is 77.0 Å². The number of phosphoric acid groups is 1. The zero-order valence-electron chi connectivity index (χ0n) is 49.4. The van der Waals surface area contributed by atoms with Crippen LogP contribution in [-0.4, -0.2) is 74.3 Å². The van der Waals surface area contributed by atoms with E-state index >= 15 is 0 Å². The zero-order valence-corrected chi connectivity index (χ0v) is 50.3. The number of nitrogens with one attached hydrogen (secondary N) is 1. The summed E-state index contributed by atoms with van der Waals surface area (Å²) in [5, 5.41) is 3.03. The van der Waals surface area contributed by atoms with Gasteiger partial charge in [0.2, 0.25) is 5.91 Å². The Morgan fingerprint density at radius 2 is 0.855 bits per heavy atom. The monoisotopic (exact) mass is 1080 g/mol. The number of hydrogen-bond donors (Lipinski definition) is 2. The maximum atomic E-state index is 13.5. The molecule has 0 aromatic rings. The van der Waals surface area contributed by atoms with Gasteiger partial charge >= 0.3 is 13.8 Å². The number of amides is 1. The lowest BCUT2D eigenvalue weighted by molar-refractivity contribution is -0.870. The van der Waals surface area contributed by atoms with Gasteiger partial charge in [-0.3, -0.25) is 18.6 Å². The second-order valence-corrected chi connectivity index (χ2v) is 22.6. The highest BCUT2D eigenvalue weighted by atomic mass is 31.2. The molecule has 0 aliphatic rings. The van der Waals surface area contributed by atoms with E-state index in [2.05, 4.69) is 135 Å². The topological polar surface area (TPSA) is 111 Å². The number of carbonyl (C=O) groups is 2. The van der Waals surface area contributed by atoms with Crippen molar-refractivity contribution in [3.05, 3.63) is 122 Å². The van der Waals surface area contributed by atoms with E-state index in [0.717, 1.165) is 109 Å². The number of rotatable bonds is 53. The van der Waals surface area contributed by atoms with Crippen LogP contribution in [-0.2, 0) is 27.9 Å². The minimum absolute atomic E-state index is 0.0211. The maximum absolute atomic E-state index is 13.5. The van der Waals surface area contributed by atoms with E-state index in [9.17, 15) is 19.0 Å². The second kappa shape index (κ2) is 54.8. The van der Waals surface area contributed by atoms with Crippen LogP contribution >= 0.6 is 7.82 Å². The highest BCUT2D eigenvalue weighted by molar-refractivity contribution is 7.47. The van der Waals surface area contributed by atoms with Gasteiger partial charge in [0, 0.05) is 12.8 Å². The molecule has 76 heavy (non-hydrogen) atoms. The summed E-state index contributed by atoms with van der Waals surface area (Å²) in [5.41, 5.74) is 0. The molecule has 0 bridgehead atoms. The SMILES string of the molecule is CC/C=C\C/C=C\C/C=C\C/C=C\C/C=C\CCCCCCCC(=O)NC(COP(=O)(O)OCC[N+](C)(C)C)C(/C=C\CCCCCCCCCCCC)OC(=O)CCC/C=C\C/C=C\C/C=C\C/C=C\CCCCC. The van der Waals surface area contributed by atoms with Gasteiger partial charge in [0.05, 0.1) is 33.8 Å². The van der Waals surface area contributed by atoms with Gasteiger partial charge in [-0.15, -0.1) is 0 Å². The summed E-state index contributed by atoms with van der Waals surface area (Å²) in [6, 6.07) is -0.889. The lowest BCUT2D eigenvalue weighted by atomic mass is 10.0. The molecular formula is C66H114N2O7P+. The molecule has 9 nitrogen and oxygen atoms in total. The zero-order chi connectivity index (χ0) is 55.7. The lowest BCUT2D eigenvalue weighted by Gasteiger charge is -2.27. The van der Waals surface area contributed by atoms with Crippen molar-refractivity contribution in [2.24, 2.45) is 0 Å². The fourth-order valence-corrected chi connectivity index (χ4v) is 8.69. The van der Waals surface area contributed by atoms with Crippen LogP contribution in [0.4, 0.5) is 0 Å². The number of nitrogens with zero attached hydrogens (tertiary/aromatic N) is 1. The summed E-state index contributed by atoms with van der Waals surface area (Å²) in [6.45, 7) is 6.80. The third-order valence-electron chi connectivity index (χ3n) is 12.6. The Bertz CT molecular complexity index is 1720. The van der Waals surface area contributed by atoms with Crippen LogP contribution in [0.3, 0.4) is 0 Å². The molecule has 3 atom stereocenters. The number of quaternary nitrogens is 1. The number of allylic oxidation sites excluding steroid dienone is 19. The van der Waals surface area contributed by atoms with Crippen LogP contribution in [0.15, 0.2) is 122 Å². The first kappa shape index (κ1) is 72.4. The minimum Gasteiger partial charge on any atom is -0.456 e. The number of phosphoric ester groups is 1. The van der Waals surface area contributed by atoms with Crippen molar-refractivity contribution in [1.82, 2.24) is 5.32 Å². The predicted octanol–water partition coefficient (Wildman–Crippen LogP) is 18.7. The first-order valence-electron chi connectivity index (χ1n) is 30.4. The average Bonchev–Trinajstić information content (AvgIpc) is 3.38. The molecule has 0 heterocycles. The normalized spacial score (nSPS) is 14.6. The fourth-order valence-electron chi connectivity index (χ4n) is 7.96. The summed E-state index contributed by atoms with van der Waals surface area (Å²) >= 11 is 0. The van der Waals surface area contributed by atoms with Crippen LogP contribution in [0.5, 0.6) is 0 Å². The van der Waals surface area contributed by atoms with E-state index in [1.54, 1.807) is 0 Å². The highest BCUT2D eigenvalue weighted by Crippen LogP contribution is 2.43. The molecule has 1 amide bonds. The molecule has 0 saturated heterocycles. The Morgan fingerprint density at radius 3 is 1.32 bits per heavy atom. The maximum Gasteiger partial charge on any atom is 0.472 e. The van der Waals surface area contributed by atoms with Crippen molar-refractivity contribution in [2.75, 3.05) is 40.9 Å². The fraction of sp³-hybridized carbons (Fsp3) is 0.667. The average molecular weight is 1080 g/mol. The Hall–Kier alpha value is -3.59. The summed E-state index contributed by atoms with van der Waals surface area (Å²) in [7, 11) is 1.43. The number of carbonyl (C=O) groups excluding carboxylic acids is 2. The molecule has 3 unspecified atom stereocenters. The number of hydrogen-bond acceptors (Lipinski definition) is 6. The van der Waals surface area contributed by atoms with E-state index < -0.39 is 20.0 Å². The lowest BCUT2D eigenvalue weighted by Crippen LogP contribution is -2.47.